The fraction of sp³-hybridized carbons (Fsp3) is 0.500. The number of rotatable bonds is 6. The molecule has 4 nitrogen and oxygen atoms in total. The number of benzene rings is 1. The van der Waals surface area contributed by atoms with Gasteiger partial charge in [-0.3, -0.25) is 5.41 Å². The standard InChI is InChI=1S/C14H22N2O2/c1-9-7-12(14(15)16)8-10(2)13(9)18-11(3)5-6-17-4/h7-8,11H,5-6H2,1-4H3,(H3,15,16). The second kappa shape index (κ2) is 6.40. The van der Waals surface area contributed by atoms with E-state index in [1.165, 1.54) is 0 Å². The summed E-state index contributed by atoms with van der Waals surface area (Å²) in [5.74, 6) is 0.962. The van der Waals surface area contributed by atoms with Gasteiger partial charge in [0, 0.05) is 25.7 Å². The third kappa shape index (κ3) is 3.74. The van der Waals surface area contributed by atoms with Crippen molar-refractivity contribution in [3.8, 4) is 5.75 Å². The molecule has 0 radical (unpaired) electrons. The molecule has 1 unspecified atom stereocenters. The number of aryl methyl sites for hydroxylation is 2. The molecule has 0 aliphatic rings. The first kappa shape index (κ1) is 14.5. The van der Waals surface area contributed by atoms with E-state index in [4.69, 9.17) is 20.6 Å². The molecule has 0 spiro atoms. The minimum Gasteiger partial charge on any atom is -0.490 e. The maximum atomic E-state index is 7.45. The molecular formula is C14H22N2O2. The van der Waals surface area contributed by atoms with Crippen LogP contribution in [0.15, 0.2) is 12.1 Å². The third-order valence-electron chi connectivity index (χ3n) is 2.82. The second-order valence-electron chi connectivity index (χ2n) is 4.56. The molecule has 0 aromatic heterocycles. The molecule has 0 bridgehead atoms. The van der Waals surface area contributed by atoms with E-state index in [2.05, 4.69) is 0 Å². The van der Waals surface area contributed by atoms with Crippen LogP contribution in [0.1, 0.15) is 30.0 Å². The van der Waals surface area contributed by atoms with Gasteiger partial charge < -0.3 is 15.2 Å². The second-order valence-corrected chi connectivity index (χ2v) is 4.56. The van der Waals surface area contributed by atoms with Crippen molar-refractivity contribution >= 4 is 5.84 Å². The summed E-state index contributed by atoms with van der Waals surface area (Å²) in [5.41, 5.74) is 8.24. The quantitative estimate of drug-likeness (QED) is 0.601. The monoisotopic (exact) mass is 250 g/mol. The molecule has 0 aliphatic carbocycles. The molecule has 1 rings (SSSR count). The smallest absolute Gasteiger partial charge is 0.125 e. The maximum absolute atomic E-state index is 7.45. The van der Waals surface area contributed by atoms with E-state index in [1.54, 1.807) is 7.11 Å². The van der Waals surface area contributed by atoms with Gasteiger partial charge in [-0.25, -0.2) is 0 Å². The van der Waals surface area contributed by atoms with Gasteiger partial charge in [0.2, 0.25) is 0 Å². The van der Waals surface area contributed by atoms with Crippen LogP contribution in [-0.2, 0) is 4.74 Å². The number of ether oxygens (including phenoxy) is 2. The minimum atomic E-state index is 0.0835. The molecule has 3 N–H and O–H groups in total. The summed E-state index contributed by atoms with van der Waals surface area (Å²) in [6.07, 6.45) is 0.953. The highest BCUT2D eigenvalue weighted by Crippen LogP contribution is 2.26. The van der Waals surface area contributed by atoms with E-state index in [9.17, 15) is 0 Å². The van der Waals surface area contributed by atoms with Crippen LogP contribution in [-0.4, -0.2) is 25.7 Å². The van der Waals surface area contributed by atoms with Crippen LogP contribution in [0.25, 0.3) is 0 Å². The highest BCUT2D eigenvalue weighted by atomic mass is 16.5. The van der Waals surface area contributed by atoms with Crippen LogP contribution < -0.4 is 10.5 Å². The van der Waals surface area contributed by atoms with Crippen molar-refractivity contribution in [2.75, 3.05) is 13.7 Å². The number of amidine groups is 1. The lowest BCUT2D eigenvalue weighted by molar-refractivity contribution is 0.134. The molecule has 0 aliphatic heterocycles. The first-order valence-electron chi connectivity index (χ1n) is 6.07. The summed E-state index contributed by atoms with van der Waals surface area (Å²) >= 11 is 0. The zero-order valence-corrected chi connectivity index (χ0v) is 11.5. The summed E-state index contributed by atoms with van der Waals surface area (Å²) in [7, 11) is 1.69. The van der Waals surface area contributed by atoms with Crippen molar-refractivity contribution in [2.45, 2.75) is 33.3 Å². The van der Waals surface area contributed by atoms with Gasteiger partial charge >= 0.3 is 0 Å². The minimum absolute atomic E-state index is 0.0835. The summed E-state index contributed by atoms with van der Waals surface area (Å²) in [6.45, 7) is 6.65. The first-order chi connectivity index (χ1) is 8.45. The fourth-order valence-corrected chi connectivity index (χ4v) is 1.84. The Kier molecular flexibility index (Phi) is 5.16. The van der Waals surface area contributed by atoms with Crippen LogP contribution in [0.5, 0.6) is 5.75 Å². The van der Waals surface area contributed by atoms with Crippen molar-refractivity contribution in [3.63, 3.8) is 0 Å². The maximum Gasteiger partial charge on any atom is 0.125 e. The van der Waals surface area contributed by atoms with Gasteiger partial charge in [-0.2, -0.15) is 0 Å². The van der Waals surface area contributed by atoms with Crippen molar-refractivity contribution < 1.29 is 9.47 Å². The normalized spacial score (nSPS) is 12.2. The van der Waals surface area contributed by atoms with E-state index < -0.39 is 0 Å². The largest absolute Gasteiger partial charge is 0.490 e. The summed E-state index contributed by atoms with van der Waals surface area (Å²) in [4.78, 5) is 0. The molecule has 100 valence electrons. The summed E-state index contributed by atoms with van der Waals surface area (Å²) in [6, 6.07) is 3.77. The molecule has 0 amide bonds. The van der Waals surface area contributed by atoms with E-state index in [-0.39, 0.29) is 11.9 Å². The Hall–Kier alpha value is -1.55. The molecule has 1 aromatic rings. The Morgan fingerprint density at radius 3 is 2.33 bits per heavy atom. The molecular weight excluding hydrogens is 228 g/mol. The Bertz CT molecular complexity index is 407. The average molecular weight is 250 g/mol. The van der Waals surface area contributed by atoms with E-state index >= 15 is 0 Å². The number of nitrogens with two attached hydrogens (primary N) is 1. The lowest BCUT2D eigenvalue weighted by Crippen LogP contribution is -2.16. The van der Waals surface area contributed by atoms with Crippen molar-refractivity contribution in [1.29, 1.82) is 5.41 Å². The van der Waals surface area contributed by atoms with Gasteiger partial charge in [0.15, 0.2) is 0 Å². The van der Waals surface area contributed by atoms with Gasteiger partial charge in [0.05, 0.1) is 6.10 Å². The van der Waals surface area contributed by atoms with Crippen molar-refractivity contribution in [3.05, 3.63) is 28.8 Å². The number of nitrogens with one attached hydrogen (secondary N) is 1. The Morgan fingerprint density at radius 2 is 1.89 bits per heavy atom. The van der Waals surface area contributed by atoms with Gasteiger partial charge in [-0.1, -0.05) is 0 Å². The van der Waals surface area contributed by atoms with Crippen LogP contribution in [0.3, 0.4) is 0 Å². The number of hydrogen-bond donors (Lipinski definition) is 2. The van der Waals surface area contributed by atoms with E-state index in [1.807, 2.05) is 32.9 Å². The zero-order valence-electron chi connectivity index (χ0n) is 11.5. The molecule has 18 heavy (non-hydrogen) atoms. The Labute approximate surface area is 109 Å². The van der Waals surface area contributed by atoms with E-state index in [0.29, 0.717) is 6.61 Å². The van der Waals surface area contributed by atoms with E-state index in [0.717, 1.165) is 28.9 Å². The summed E-state index contributed by atoms with van der Waals surface area (Å²) in [5, 5.41) is 7.45. The lowest BCUT2D eigenvalue weighted by Gasteiger charge is -2.19. The number of methoxy groups -OCH3 is 1. The van der Waals surface area contributed by atoms with Crippen LogP contribution in [0.2, 0.25) is 0 Å². The molecule has 1 aromatic carbocycles. The van der Waals surface area contributed by atoms with Crippen molar-refractivity contribution in [1.82, 2.24) is 0 Å². The van der Waals surface area contributed by atoms with Crippen LogP contribution >= 0.6 is 0 Å². The number of nitrogen functional groups attached to an aromatic ring is 1. The fourth-order valence-electron chi connectivity index (χ4n) is 1.84. The highest BCUT2D eigenvalue weighted by molar-refractivity contribution is 5.95. The van der Waals surface area contributed by atoms with Crippen LogP contribution in [0.4, 0.5) is 0 Å². The first-order valence-corrected chi connectivity index (χ1v) is 6.07. The Balaban J connectivity index is 2.86. The molecule has 0 saturated carbocycles. The molecule has 0 heterocycles. The van der Waals surface area contributed by atoms with Gasteiger partial charge in [-0.15, -0.1) is 0 Å². The lowest BCUT2D eigenvalue weighted by atomic mass is 10.0. The van der Waals surface area contributed by atoms with Crippen LogP contribution in [0, 0.1) is 19.3 Å². The zero-order chi connectivity index (χ0) is 13.7. The average Bonchev–Trinajstić information content (AvgIpc) is 2.30. The Morgan fingerprint density at radius 1 is 1.33 bits per heavy atom. The summed E-state index contributed by atoms with van der Waals surface area (Å²) < 4.78 is 11.0. The predicted octanol–water partition coefficient (Wildman–Crippen LogP) is 2.39. The topological polar surface area (TPSA) is 68.3 Å². The molecule has 0 saturated heterocycles. The van der Waals surface area contributed by atoms with Gasteiger partial charge in [0.25, 0.3) is 0 Å². The van der Waals surface area contributed by atoms with Crippen molar-refractivity contribution in [2.24, 2.45) is 5.73 Å². The predicted molar refractivity (Wildman–Crippen MR) is 73.5 cm³/mol. The van der Waals surface area contributed by atoms with Gasteiger partial charge in [-0.05, 0) is 44.0 Å². The molecule has 1 atom stereocenters. The molecule has 4 heteroatoms. The SMILES string of the molecule is COCCC(C)Oc1c(C)cc(C(=N)N)cc1C. The third-order valence-corrected chi connectivity index (χ3v) is 2.82. The highest BCUT2D eigenvalue weighted by Gasteiger charge is 2.11. The van der Waals surface area contributed by atoms with Gasteiger partial charge in [0.1, 0.15) is 11.6 Å². The molecule has 0 fully saturated rings. The number of hydrogen-bond acceptors (Lipinski definition) is 3.